The van der Waals surface area contributed by atoms with Crippen LogP contribution in [0.3, 0.4) is 0 Å². The van der Waals surface area contributed by atoms with Crippen molar-refractivity contribution in [2.75, 3.05) is 0 Å². The summed E-state index contributed by atoms with van der Waals surface area (Å²) in [6.45, 7) is 13.1. The summed E-state index contributed by atoms with van der Waals surface area (Å²) in [5.41, 5.74) is 13.1. The molecule has 0 saturated carbocycles. The number of benzene rings is 5. The van der Waals surface area contributed by atoms with Crippen LogP contribution < -0.4 is 0 Å². The van der Waals surface area contributed by atoms with Crippen molar-refractivity contribution in [2.45, 2.75) is 58.8 Å². The quantitative estimate of drug-likeness (QED) is 0.0539. The molecule has 0 bridgehead atoms. The van der Waals surface area contributed by atoms with E-state index in [-0.39, 0.29) is 5.41 Å². The van der Waals surface area contributed by atoms with E-state index in [9.17, 15) is 0 Å². The monoisotopic (exact) mass is 690 g/mol. The van der Waals surface area contributed by atoms with Crippen LogP contribution in [-0.2, 0) is 5.41 Å². The first kappa shape index (κ1) is 36.9. The Balaban J connectivity index is 1.16. The van der Waals surface area contributed by atoms with Crippen molar-refractivity contribution in [1.82, 2.24) is 0 Å². The molecule has 0 saturated heterocycles. The van der Waals surface area contributed by atoms with E-state index in [0.717, 1.165) is 48.1 Å². The summed E-state index contributed by atoms with van der Waals surface area (Å²) in [4.78, 5) is 10.1. The summed E-state index contributed by atoms with van der Waals surface area (Å²) >= 11 is 0. The molecule has 264 valence electrons. The molecule has 0 radical (unpaired) electrons. The molecular weight excluding hydrogens is 641 g/mol. The third-order valence-corrected chi connectivity index (χ3v) is 10.0. The molecule has 0 amide bonds. The van der Waals surface area contributed by atoms with E-state index in [1.807, 2.05) is 6.07 Å². The number of hydrogen-bond acceptors (Lipinski definition) is 1. The SMILES string of the molecule is C=C(N=C(N=C(C)c1ccc(-c2ccccc2)cc1)C1=CCCC=C1)c1ccc(C(C)(C)c2ccc(-c3ccc(/C=C/CC/C=C\C)cc3)cc2)cc1. The van der Waals surface area contributed by atoms with Gasteiger partial charge in [0.05, 0.1) is 5.70 Å². The average Bonchev–Trinajstić information content (AvgIpc) is 3.21. The Hall–Kier alpha value is -5.86. The summed E-state index contributed by atoms with van der Waals surface area (Å²) in [5, 5.41) is 0. The van der Waals surface area contributed by atoms with E-state index >= 15 is 0 Å². The third kappa shape index (κ3) is 9.53. The number of unbranched alkanes of at least 4 members (excludes halogenated alkanes) is 1. The lowest BCUT2D eigenvalue weighted by Gasteiger charge is -2.26. The van der Waals surface area contributed by atoms with Crippen LogP contribution in [0.1, 0.15) is 81.2 Å². The highest BCUT2D eigenvalue weighted by Crippen LogP contribution is 2.34. The summed E-state index contributed by atoms with van der Waals surface area (Å²) < 4.78 is 0. The summed E-state index contributed by atoms with van der Waals surface area (Å²) in [6.07, 6.45) is 19.5. The fourth-order valence-corrected chi connectivity index (χ4v) is 6.57. The molecule has 5 aromatic carbocycles. The number of amidine groups is 1. The minimum absolute atomic E-state index is 0.177. The first-order valence-corrected chi connectivity index (χ1v) is 18.8. The zero-order chi connectivity index (χ0) is 37.0. The van der Waals surface area contributed by atoms with Crippen molar-refractivity contribution in [3.05, 3.63) is 204 Å². The highest BCUT2D eigenvalue weighted by atomic mass is 14.9. The van der Waals surface area contributed by atoms with Gasteiger partial charge in [0.1, 0.15) is 0 Å². The molecule has 0 atom stereocenters. The topological polar surface area (TPSA) is 24.7 Å². The Labute approximate surface area is 317 Å². The van der Waals surface area contributed by atoms with E-state index in [4.69, 9.17) is 9.98 Å². The van der Waals surface area contributed by atoms with Gasteiger partial charge in [0.2, 0.25) is 0 Å². The summed E-state index contributed by atoms with van der Waals surface area (Å²) in [6, 6.07) is 45.5. The fraction of sp³-hybridized carbons (Fsp3) is 0.176. The minimum Gasteiger partial charge on any atom is -0.233 e. The third-order valence-electron chi connectivity index (χ3n) is 10.0. The number of aliphatic imine (C=N–C) groups is 2. The van der Waals surface area contributed by atoms with E-state index in [1.165, 1.54) is 38.9 Å². The van der Waals surface area contributed by atoms with Gasteiger partial charge < -0.3 is 0 Å². The van der Waals surface area contributed by atoms with Crippen LogP contribution in [-0.4, -0.2) is 11.5 Å². The van der Waals surface area contributed by atoms with Crippen LogP contribution in [0.15, 0.2) is 186 Å². The maximum atomic E-state index is 5.07. The number of rotatable bonds is 12. The van der Waals surface area contributed by atoms with E-state index in [1.54, 1.807) is 0 Å². The van der Waals surface area contributed by atoms with Crippen molar-refractivity contribution in [3.8, 4) is 22.3 Å². The zero-order valence-electron chi connectivity index (χ0n) is 31.6. The molecule has 0 spiro atoms. The molecule has 0 fully saturated rings. The zero-order valence-corrected chi connectivity index (χ0v) is 31.6. The van der Waals surface area contributed by atoms with Crippen molar-refractivity contribution in [3.63, 3.8) is 0 Å². The van der Waals surface area contributed by atoms with Crippen molar-refractivity contribution < 1.29 is 0 Å². The number of allylic oxidation sites excluding steroid dienone is 5. The largest absolute Gasteiger partial charge is 0.233 e. The first-order valence-electron chi connectivity index (χ1n) is 18.8. The van der Waals surface area contributed by atoms with Gasteiger partial charge in [0.15, 0.2) is 5.84 Å². The molecule has 0 aromatic heterocycles. The van der Waals surface area contributed by atoms with Crippen LogP contribution >= 0.6 is 0 Å². The lowest BCUT2D eigenvalue weighted by molar-refractivity contribution is 0.641. The Morgan fingerprint density at radius 2 is 1.19 bits per heavy atom. The lowest BCUT2D eigenvalue weighted by Crippen LogP contribution is -2.18. The molecule has 1 aliphatic carbocycles. The minimum atomic E-state index is -0.177. The number of hydrogen-bond donors (Lipinski definition) is 0. The highest BCUT2D eigenvalue weighted by molar-refractivity contribution is 6.13. The second-order valence-electron chi connectivity index (χ2n) is 14.1. The second-order valence-corrected chi connectivity index (χ2v) is 14.1. The van der Waals surface area contributed by atoms with Crippen LogP contribution in [0.25, 0.3) is 34.0 Å². The van der Waals surface area contributed by atoms with Crippen LogP contribution in [0.5, 0.6) is 0 Å². The van der Waals surface area contributed by atoms with Crippen LogP contribution in [0.2, 0.25) is 0 Å². The van der Waals surface area contributed by atoms with Gasteiger partial charge in [0, 0.05) is 16.7 Å². The van der Waals surface area contributed by atoms with Gasteiger partial charge in [-0.05, 0) is 89.6 Å². The van der Waals surface area contributed by atoms with E-state index in [2.05, 4.69) is 198 Å². The molecule has 0 unspecified atom stereocenters. The molecule has 0 N–H and O–H groups in total. The van der Waals surface area contributed by atoms with Gasteiger partial charge in [-0.1, -0.05) is 190 Å². The molecule has 6 rings (SSSR count). The van der Waals surface area contributed by atoms with Gasteiger partial charge in [-0.3, -0.25) is 0 Å². The molecule has 0 heterocycles. The Morgan fingerprint density at radius 1 is 0.642 bits per heavy atom. The summed E-state index contributed by atoms with van der Waals surface area (Å²) in [7, 11) is 0. The fourth-order valence-electron chi connectivity index (χ4n) is 6.57. The maximum Gasteiger partial charge on any atom is 0.159 e. The normalized spacial score (nSPS) is 13.8. The molecule has 5 aromatic rings. The molecular formula is C51H50N2. The Bertz CT molecular complexity index is 2170. The van der Waals surface area contributed by atoms with Crippen LogP contribution in [0, 0.1) is 0 Å². The predicted octanol–water partition coefficient (Wildman–Crippen LogP) is 13.9. The van der Waals surface area contributed by atoms with Crippen LogP contribution in [0.4, 0.5) is 0 Å². The van der Waals surface area contributed by atoms with E-state index in [0.29, 0.717) is 11.5 Å². The van der Waals surface area contributed by atoms with Gasteiger partial charge in [0.25, 0.3) is 0 Å². The standard InChI is InChI=1S/C51H50N2/c1-6-7-8-9-12-17-40-22-24-44(25-23-40)46-32-36-49(37-33-46)51(4,5)48-34-30-42(31-35-48)39(3)53-50(47-20-15-11-16-21-47)52-38(2)41-26-28-45(29-27-41)43-18-13-10-14-19-43/h6-7,10,12-15,17-37H,3,8-9,11,16H2,1-2,4-5H3/b7-6-,17-12+,52-38?,53-50?. The molecule has 2 nitrogen and oxygen atoms in total. The average molecular weight is 691 g/mol. The smallest absolute Gasteiger partial charge is 0.159 e. The van der Waals surface area contributed by atoms with Crippen molar-refractivity contribution in [2.24, 2.45) is 9.98 Å². The second kappa shape index (κ2) is 17.6. The van der Waals surface area contributed by atoms with Gasteiger partial charge in [-0.25, -0.2) is 9.98 Å². The van der Waals surface area contributed by atoms with Gasteiger partial charge >= 0.3 is 0 Å². The first-order chi connectivity index (χ1) is 25.8. The van der Waals surface area contributed by atoms with Crippen molar-refractivity contribution in [1.29, 1.82) is 0 Å². The maximum absolute atomic E-state index is 5.07. The highest BCUT2D eigenvalue weighted by Gasteiger charge is 2.23. The van der Waals surface area contributed by atoms with Gasteiger partial charge in [-0.15, -0.1) is 0 Å². The molecule has 1 aliphatic rings. The lowest BCUT2D eigenvalue weighted by atomic mass is 9.77. The predicted molar refractivity (Wildman–Crippen MR) is 231 cm³/mol. The molecule has 53 heavy (non-hydrogen) atoms. The molecule has 0 aliphatic heterocycles. The van der Waals surface area contributed by atoms with Gasteiger partial charge in [-0.2, -0.15) is 0 Å². The Kier molecular flexibility index (Phi) is 12.2. The van der Waals surface area contributed by atoms with E-state index < -0.39 is 0 Å². The Morgan fingerprint density at radius 3 is 1.79 bits per heavy atom. The molecule has 2 heteroatoms. The number of nitrogens with zero attached hydrogens (tertiary/aromatic N) is 2. The summed E-state index contributed by atoms with van der Waals surface area (Å²) in [5.74, 6) is 0.686. The van der Waals surface area contributed by atoms with Crippen molar-refractivity contribution >= 4 is 23.3 Å².